The summed E-state index contributed by atoms with van der Waals surface area (Å²) in [7, 11) is 0. The molecule has 0 unspecified atom stereocenters. The van der Waals surface area contributed by atoms with Gasteiger partial charge < -0.3 is 10.2 Å². The first-order valence-electron chi connectivity index (χ1n) is 8.88. The lowest BCUT2D eigenvalue weighted by Gasteiger charge is -2.32. The molecule has 0 bridgehead atoms. The van der Waals surface area contributed by atoms with E-state index in [1.807, 2.05) is 9.30 Å². The van der Waals surface area contributed by atoms with E-state index in [9.17, 15) is 9.18 Å². The van der Waals surface area contributed by atoms with Gasteiger partial charge in [-0.2, -0.15) is 0 Å². The lowest BCUT2D eigenvalue weighted by molar-refractivity contribution is -0.125. The lowest BCUT2D eigenvalue weighted by Crippen LogP contribution is -2.43. The first-order chi connectivity index (χ1) is 13.1. The zero-order chi connectivity index (χ0) is 18.8. The van der Waals surface area contributed by atoms with E-state index >= 15 is 0 Å². The second kappa shape index (κ2) is 7.52. The Balaban J connectivity index is 1.45. The van der Waals surface area contributed by atoms with Crippen molar-refractivity contribution in [3.63, 3.8) is 0 Å². The average molecular weight is 388 g/mol. The van der Waals surface area contributed by atoms with Gasteiger partial charge in [0.15, 0.2) is 5.65 Å². The fraction of sp³-hybridized carbons (Fsp3) is 0.316. The maximum atomic E-state index is 13.7. The van der Waals surface area contributed by atoms with Gasteiger partial charge in [0.25, 0.3) is 0 Å². The van der Waals surface area contributed by atoms with E-state index in [4.69, 9.17) is 11.6 Å². The predicted octanol–water partition coefficient (Wildman–Crippen LogP) is 3.05. The van der Waals surface area contributed by atoms with Crippen molar-refractivity contribution in [1.29, 1.82) is 0 Å². The van der Waals surface area contributed by atoms with Gasteiger partial charge in [0.05, 0.1) is 10.9 Å². The van der Waals surface area contributed by atoms with E-state index in [2.05, 4.69) is 15.5 Å². The lowest BCUT2D eigenvalue weighted by atomic mass is 9.97. The molecule has 8 heteroatoms. The molecule has 4 rings (SSSR count). The van der Waals surface area contributed by atoms with Crippen LogP contribution in [0.3, 0.4) is 0 Å². The summed E-state index contributed by atoms with van der Waals surface area (Å²) >= 11 is 6.09. The summed E-state index contributed by atoms with van der Waals surface area (Å²) in [5.41, 5.74) is 1.19. The van der Waals surface area contributed by atoms with Crippen molar-refractivity contribution in [2.45, 2.75) is 19.4 Å². The molecule has 1 aromatic carbocycles. The van der Waals surface area contributed by atoms with Crippen LogP contribution >= 0.6 is 11.6 Å². The number of benzene rings is 1. The van der Waals surface area contributed by atoms with Crippen LogP contribution in [0, 0.1) is 11.7 Å². The molecule has 2 aromatic heterocycles. The molecule has 1 saturated heterocycles. The van der Waals surface area contributed by atoms with E-state index in [-0.39, 0.29) is 24.2 Å². The topological polar surface area (TPSA) is 62.5 Å². The summed E-state index contributed by atoms with van der Waals surface area (Å²) in [5.74, 6) is 0.112. The first-order valence-corrected chi connectivity index (χ1v) is 9.26. The van der Waals surface area contributed by atoms with E-state index in [1.165, 1.54) is 6.07 Å². The quantitative estimate of drug-likeness (QED) is 0.747. The summed E-state index contributed by atoms with van der Waals surface area (Å²) in [6, 6.07) is 10.0. The Morgan fingerprint density at radius 2 is 2.11 bits per heavy atom. The van der Waals surface area contributed by atoms with Crippen LogP contribution in [0.25, 0.3) is 5.65 Å². The van der Waals surface area contributed by atoms with E-state index < -0.39 is 0 Å². The van der Waals surface area contributed by atoms with Crippen LogP contribution in [0.15, 0.2) is 42.6 Å². The molecule has 6 nitrogen and oxygen atoms in total. The summed E-state index contributed by atoms with van der Waals surface area (Å²) < 4.78 is 15.6. The smallest absolute Gasteiger partial charge is 0.231 e. The van der Waals surface area contributed by atoms with Crippen LogP contribution in [0.2, 0.25) is 5.02 Å². The van der Waals surface area contributed by atoms with Gasteiger partial charge in [0.2, 0.25) is 11.9 Å². The summed E-state index contributed by atoms with van der Waals surface area (Å²) in [6.45, 7) is 1.52. The van der Waals surface area contributed by atoms with Crippen molar-refractivity contribution in [2.24, 2.45) is 5.92 Å². The molecular formula is C19H19ClFN5O. The Hall–Kier alpha value is -2.67. The summed E-state index contributed by atoms with van der Waals surface area (Å²) in [5, 5.41) is 11.9. The Bertz CT molecular complexity index is 976. The highest BCUT2D eigenvalue weighted by Crippen LogP contribution is 2.24. The second-order valence-electron chi connectivity index (χ2n) is 6.67. The fourth-order valence-electron chi connectivity index (χ4n) is 3.41. The fourth-order valence-corrected chi connectivity index (χ4v) is 3.57. The van der Waals surface area contributed by atoms with E-state index in [0.717, 1.165) is 19.4 Å². The molecule has 1 amide bonds. The van der Waals surface area contributed by atoms with Gasteiger partial charge in [0.1, 0.15) is 5.82 Å². The van der Waals surface area contributed by atoms with Gasteiger partial charge in [-0.1, -0.05) is 29.8 Å². The number of amides is 1. The number of carbonyl (C=O) groups is 1. The number of aromatic nitrogens is 3. The number of hydrogen-bond acceptors (Lipinski definition) is 4. The van der Waals surface area contributed by atoms with Crippen LogP contribution in [0.5, 0.6) is 0 Å². The van der Waals surface area contributed by atoms with Crippen molar-refractivity contribution in [2.75, 3.05) is 18.0 Å². The van der Waals surface area contributed by atoms with Gasteiger partial charge in [-0.15, -0.1) is 10.2 Å². The molecule has 0 spiro atoms. The number of carbonyl (C=O) groups excluding carboxylic acids is 1. The summed E-state index contributed by atoms with van der Waals surface area (Å²) in [4.78, 5) is 14.6. The highest BCUT2D eigenvalue weighted by Gasteiger charge is 2.28. The minimum atomic E-state index is -0.310. The SMILES string of the molecule is O=C(NCc1ccccc1F)[C@H]1CCCN(c2nnc3ccc(Cl)cn23)C1. The molecule has 140 valence electrons. The third-order valence-electron chi connectivity index (χ3n) is 4.83. The monoisotopic (exact) mass is 387 g/mol. The number of pyridine rings is 1. The molecule has 0 saturated carbocycles. The average Bonchev–Trinajstić information content (AvgIpc) is 3.10. The molecule has 1 atom stereocenters. The molecule has 3 heterocycles. The van der Waals surface area contributed by atoms with Crippen LogP contribution in [0.4, 0.5) is 10.3 Å². The van der Waals surface area contributed by atoms with Crippen LogP contribution in [-0.4, -0.2) is 33.6 Å². The van der Waals surface area contributed by atoms with Gasteiger partial charge in [-0.05, 0) is 31.0 Å². The number of fused-ring (bicyclic) bond motifs is 1. The zero-order valence-electron chi connectivity index (χ0n) is 14.6. The first kappa shape index (κ1) is 17.7. The largest absolute Gasteiger partial charge is 0.352 e. The van der Waals surface area contributed by atoms with E-state index in [0.29, 0.717) is 28.7 Å². The minimum absolute atomic E-state index is 0.0743. The molecule has 1 N–H and O–H groups in total. The molecule has 27 heavy (non-hydrogen) atoms. The van der Waals surface area contributed by atoms with Crippen LogP contribution < -0.4 is 10.2 Å². The van der Waals surface area contributed by atoms with Crippen LogP contribution in [-0.2, 0) is 11.3 Å². The Labute approximate surface area is 161 Å². The molecule has 1 aliphatic rings. The van der Waals surface area contributed by atoms with Gasteiger partial charge in [-0.3, -0.25) is 9.20 Å². The van der Waals surface area contributed by atoms with E-state index in [1.54, 1.807) is 36.5 Å². The van der Waals surface area contributed by atoms with Crippen molar-refractivity contribution in [1.82, 2.24) is 19.9 Å². The zero-order valence-corrected chi connectivity index (χ0v) is 15.4. The highest BCUT2D eigenvalue weighted by atomic mass is 35.5. The highest BCUT2D eigenvalue weighted by molar-refractivity contribution is 6.30. The van der Waals surface area contributed by atoms with Crippen molar-refractivity contribution < 1.29 is 9.18 Å². The van der Waals surface area contributed by atoms with Crippen molar-refractivity contribution in [3.8, 4) is 0 Å². The number of nitrogens with zero attached hydrogens (tertiary/aromatic N) is 4. The third-order valence-corrected chi connectivity index (χ3v) is 5.06. The van der Waals surface area contributed by atoms with Gasteiger partial charge in [0, 0.05) is 31.4 Å². The van der Waals surface area contributed by atoms with Gasteiger partial charge >= 0.3 is 0 Å². The Kier molecular flexibility index (Phi) is 4.94. The molecule has 0 radical (unpaired) electrons. The Morgan fingerprint density at radius 3 is 2.96 bits per heavy atom. The molecule has 1 fully saturated rings. The molecule has 0 aliphatic carbocycles. The normalized spacial score (nSPS) is 17.3. The minimum Gasteiger partial charge on any atom is -0.352 e. The maximum Gasteiger partial charge on any atom is 0.231 e. The number of hydrogen-bond donors (Lipinski definition) is 1. The Morgan fingerprint density at radius 1 is 1.26 bits per heavy atom. The number of anilines is 1. The molecule has 3 aromatic rings. The van der Waals surface area contributed by atoms with Crippen molar-refractivity contribution in [3.05, 3.63) is 59.0 Å². The third kappa shape index (κ3) is 3.73. The standard InChI is InChI=1S/C19H19ClFN5O/c20-15-7-8-17-23-24-19(26(17)12-15)25-9-3-5-14(11-25)18(27)22-10-13-4-1-2-6-16(13)21/h1-2,4,6-8,12,14H,3,5,9-11H2,(H,22,27)/t14-/m0/s1. The second-order valence-corrected chi connectivity index (χ2v) is 7.11. The number of rotatable bonds is 4. The number of halogens is 2. The van der Waals surface area contributed by atoms with Gasteiger partial charge in [-0.25, -0.2) is 4.39 Å². The molecular weight excluding hydrogens is 369 g/mol. The van der Waals surface area contributed by atoms with Crippen molar-refractivity contribution >= 4 is 29.1 Å². The number of nitrogens with one attached hydrogen (secondary N) is 1. The van der Waals surface area contributed by atoms with Crippen LogP contribution in [0.1, 0.15) is 18.4 Å². The summed E-state index contributed by atoms with van der Waals surface area (Å²) in [6.07, 6.45) is 3.43. The number of piperidine rings is 1. The maximum absolute atomic E-state index is 13.7. The molecule has 1 aliphatic heterocycles. The predicted molar refractivity (Wildman–Crippen MR) is 101 cm³/mol.